The van der Waals surface area contributed by atoms with Crippen LogP contribution in [0.4, 0.5) is 0 Å². The van der Waals surface area contributed by atoms with Crippen LogP contribution in [0.2, 0.25) is 0 Å². The number of amides is 1. The van der Waals surface area contributed by atoms with Gasteiger partial charge in [0.1, 0.15) is 6.54 Å². The number of aliphatic carboxylic acids is 1. The molecule has 0 unspecified atom stereocenters. The maximum absolute atomic E-state index is 12.3. The van der Waals surface area contributed by atoms with E-state index in [1.165, 1.54) is 10.9 Å². The molecule has 0 saturated carbocycles. The van der Waals surface area contributed by atoms with Crippen LogP contribution < -0.4 is 10.9 Å². The first-order chi connectivity index (χ1) is 10.8. The number of fused-ring (bicyclic) bond motifs is 1. The van der Waals surface area contributed by atoms with Gasteiger partial charge < -0.3 is 10.4 Å². The van der Waals surface area contributed by atoms with Crippen molar-refractivity contribution >= 4 is 22.8 Å². The second kappa shape index (κ2) is 6.60. The zero-order valence-electron chi connectivity index (χ0n) is 13.1. The van der Waals surface area contributed by atoms with Gasteiger partial charge in [0.15, 0.2) is 0 Å². The number of carboxylic acids is 1. The van der Waals surface area contributed by atoms with E-state index < -0.39 is 11.5 Å². The van der Waals surface area contributed by atoms with Gasteiger partial charge in [0.25, 0.3) is 5.56 Å². The lowest BCUT2D eigenvalue weighted by molar-refractivity contribution is -0.137. The monoisotopic (exact) mass is 317 g/mol. The molecule has 0 saturated heterocycles. The predicted molar refractivity (Wildman–Crippen MR) is 85.1 cm³/mol. The fourth-order valence-electron chi connectivity index (χ4n) is 2.27. The molecule has 0 fully saturated rings. The molecule has 0 aliphatic heterocycles. The normalized spacial score (nSPS) is 11.4. The summed E-state index contributed by atoms with van der Waals surface area (Å²) in [5, 5.41) is 11.9. The van der Waals surface area contributed by atoms with Gasteiger partial charge in [-0.1, -0.05) is 12.1 Å². The topological polar surface area (TPSA) is 101 Å². The van der Waals surface area contributed by atoms with Crippen LogP contribution >= 0.6 is 0 Å². The van der Waals surface area contributed by atoms with Crippen molar-refractivity contribution in [2.75, 3.05) is 0 Å². The second-order valence-corrected chi connectivity index (χ2v) is 6.02. The fourth-order valence-corrected chi connectivity index (χ4v) is 2.27. The van der Waals surface area contributed by atoms with Crippen molar-refractivity contribution < 1.29 is 14.7 Å². The van der Waals surface area contributed by atoms with E-state index >= 15 is 0 Å². The summed E-state index contributed by atoms with van der Waals surface area (Å²) in [6.07, 6.45) is 1.61. The van der Waals surface area contributed by atoms with Gasteiger partial charge in [0.2, 0.25) is 5.91 Å². The van der Waals surface area contributed by atoms with Crippen LogP contribution in [-0.2, 0) is 16.1 Å². The minimum Gasteiger partial charge on any atom is -0.481 e. The van der Waals surface area contributed by atoms with Gasteiger partial charge in [-0.25, -0.2) is 4.98 Å². The molecule has 0 radical (unpaired) electrons. The van der Waals surface area contributed by atoms with E-state index in [1.807, 2.05) is 0 Å². The first-order valence-corrected chi connectivity index (χ1v) is 7.25. The average Bonchev–Trinajstić information content (AvgIpc) is 2.48. The molecule has 0 bridgehead atoms. The Kier molecular flexibility index (Phi) is 4.78. The van der Waals surface area contributed by atoms with Gasteiger partial charge in [-0.15, -0.1) is 0 Å². The lowest BCUT2D eigenvalue weighted by atomic mass is 9.98. The van der Waals surface area contributed by atoms with E-state index in [1.54, 1.807) is 38.1 Å². The third kappa shape index (κ3) is 4.38. The van der Waals surface area contributed by atoms with Gasteiger partial charge in [-0.05, 0) is 32.4 Å². The van der Waals surface area contributed by atoms with E-state index in [0.717, 1.165) is 0 Å². The first-order valence-electron chi connectivity index (χ1n) is 7.25. The Morgan fingerprint density at radius 2 is 2.00 bits per heavy atom. The minimum absolute atomic E-state index is 0.0369. The summed E-state index contributed by atoms with van der Waals surface area (Å²) in [6.45, 7) is 3.33. The Morgan fingerprint density at radius 3 is 2.70 bits per heavy atom. The molecule has 1 heterocycles. The van der Waals surface area contributed by atoms with Crippen molar-refractivity contribution in [2.24, 2.45) is 0 Å². The SMILES string of the molecule is CC(C)(CCC(=O)O)NC(=O)Cn1cnc2ccccc2c1=O. The third-order valence-corrected chi connectivity index (χ3v) is 3.49. The molecule has 1 aromatic heterocycles. The van der Waals surface area contributed by atoms with Crippen LogP contribution in [0, 0.1) is 0 Å². The highest BCUT2D eigenvalue weighted by Gasteiger charge is 2.21. The number of nitrogens with one attached hydrogen (secondary N) is 1. The number of hydrogen-bond acceptors (Lipinski definition) is 4. The molecule has 0 spiro atoms. The van der Waals surface area contributed by atoms with Crippen LogP contribution in [0.5, 0.6) is 0 Å². The summed E-state index contributed by atoms with van der Waals surface area (Å²) in [5.74, 6) is -1.28. The Balaban J connectivity index is 2.10. The summed E-state index contributed by atoms with van der Waals surface area (Å²) in [4.78, 5) is 39.2. The summed E-state index contributed by atoms with van der Waals surface area (Å²) in [5.41, 5.74) is -0.367. The number of hydrogen-bond donors (Lipinski definition) is 2. The van der Waals surface area contributed by atoms with Gasteiger partial charge >= 0.3 is 5.97 Å². The quantitative estimate of drug-likeness (QED) is 0.832. The van der Waals surface area contributed by atoms with Crippen molar-refractivity contribution in [3.63, 3.8) is 0 Å². The molecule has 23 heavy (non-hydrogen) atoms. The number of rotatable bonds is 6. The zero-order valence-corrected chi connectivity index (χ0v) is 13.1. The molecule has 2 rings (SSSR count). The van der Waals surface area contributed by atoms with Crippen LogP contribution in [0.15, 0.2) is 35.4 Å². The molecular formula is C16H19N3O4. The number of para-hydroxylation sites is 1. The summed E-state index contributed by atoms with van der Waals surface area (Å²) in [6, 6.07) is 6.92. The van der Waals surface area contributed by atoms with Gasteiger partial charge in [0.05, 0.1) is 17.2 Å². The van der Waals surface area contributed by atoms with Crippen LogP contribution in [0.1, 0.15) is 26.7 Å². The summed E-state index contributed by atoms with van der Waals surface area (Å²) in [7, 11) is 0. The maximum Gasteiger partial charge on any atom is 0.303 e. The average molecular weight is 317 g/mol. The number of benzene rings is 1. The molecule has 1 aromatic carbocycles. The zero-order chi connectivity index (χ0) is 17.0. The Hall–Kier alpha value is -2.70. The Bertz CT molecular complexity index is 795. The first kappa shape index (κ1) is 16.7. The molecule has 7 heteroatoms. The third-order valence-electron chi connectivity index (χ3n) is 3.49. The predicted octanol–water partition coefficient (Wildman–Crippen LogP) is 1.16. The summed E-state index contributed by atoms with van der Waals surface area (Å²) >= 11 is 0. The van der Waals surface area contributed by atoms with Gasteiger partial charge in [-0.3, -0.25) is 19.0 Å². The van der Waals surface area contributed by atoms with Crippen molar-refractivity contribution in [1.82, 2.24) is 14.9 Å². The molecule has 0 aliphatic carbocycles. The van der Waals surface area contributed by atoms with Crippen LogP contribution in [0.25, 0.3) is 10.9 Å². The Morgan fingerprint density at radius 1 is 1.30 bits per heavy atom. The molecule has 122 valence electrons. The minimum atomic E-state index is -0.915. The smallest absolute Gasteiger partial charge is 0.303 e. The summed E-state index contributed by atoms with van der Waals surface area (Å²) < 4.78 is 1.24. The van der Waals surface area contributed by atoms with Crippen molar-refractivity contribution in [2.45, 2.75) is 38.8 Å². The highest BCUT2D eigenvalue weighted by Crippen LogP contribution is 2.11. The van der Waals surface area contributed by atoms with Crippen LogP contribution in [0.3, 0.4) is 0 Å². The van der Waals surface area contributed by atoms with Gasteiger partial charge in [-0.2, -0.15) is 0 Å². The van der Waals surface area contributed by atoms with E-state index in [2.05, 4.69) is 10.3 Å². The number of carboxylic acid groups (broad SMARTS) is 1. The molecular weight excluding hydrogens is 298 g/mol. The fraction of sp³-hybridized carbons (Fsp3) is 0.375. The molecule has 1 amide bonds. The number of carbonyl (C=O) groups excluding carboxylic acids is 1. The van der Waals surface area contributed by atoms with E-state index in [-0.39, 0.29) is 24.4 Å². The van der Waals surface area contributed by atoms with Crippen molar-refractivity contribution in [3.05, 3.63) is 40.9 Å². The van der Waals surface area contributed by atoms with E-state index in [9.17, 15) is 14.4 Å². The van der Waals surface area contributed by atoms with Crippen molar-refractivity contribution in [1.29, 1.82) is 0 Å². The lowest BCUT2D eigenvalue weighted by Crippen LogP contribution is -2.46. The number of aromatic nitrogens is 2. The number of nitrogens with zero attached hydrogens (tertiary/aromatic N) is 2. The molecule has 0 aliphatic rings. The maximum atomic E-state index is 12.3. The Labute approximate surface area is 133 Å². The van der Waals surface area contributed by atoms with Crippen LogP contribution in [-0.4, -0.2) is 32.1 Å². The lowest BCUT2D eigenvalue weighted by Gasteiger charge is -2.25. The molecule has 7 nitrogen and oxygen atoms in total. The standard InChI is InChI=1S/C16H19N3O4/c1-16(2,8-7-14(21)22)18-13(20)9-19-10-17-12-6-4-3-5-11(12)15(19)23/h3-6,10H,7-9H2,1-2H3,(H,18,20)(H,21,22). The van der Waals surface area contributed by atoms with Gasteiger partial charge in [0, 0.05) is 12.0 Å². The highest BCUT2D eigenvalue weighted by molar-refractivity contribution is 5.79. The van der Waals surface area contributed by atoms with E-state index in [0.29, 0.717) is 17.3 Å². The second-order valence-electron chi connectivity index (χ2n) is 6.02. The highest BCUT2D eigenvalue weighted by atomic mass is 16.4. The number of carbonyl (C=O) groups is 2. The largest absolute Gasteiger partial charge is 0.481 e. The van der Waals surface area contributed by atoms with Crippen molar-refractivity contribution in [3.8, 4) is 0 Å². The molecule has 2 N–H and O–H groups in total. The van der Waals surface area contributed by atoms with E-state index in [4.69, 9.17) is 5.11 Å². The molecule has 0 atom stereocenters. The molecule has 2 aromatic rings.